The third-order valence-electron chi connectivity index (χ3n) is 7.42. The first-order chi connectivity index (χ1) is 10.5. The summed E-state index contributed by atoms with van der Waals surface area (Å²) in [4.78, 5) is 0. The molecule has 3 aliphatic rings. The molecule has 120 valence electrons. The highest BCUT2D eigenvalue weighted by Crippen LogP contribution is 2.63. The maximum absolute atomic E-state index is 9.76. The number of aromatic hydroxyl groups is 1. The van der Waals surface area contributed by atoms with E-state index in [2.05, 4.69) is 19.9 Å². The molecule has 1 aromatic rings. The van der Waals surface area contributed by atoms with Gasteiger partial charge in [-0.2, -0.15) is 0 Å². The number of aryl methyl sites for hydroxylation is 1. The van der Waals surface area contributed by atoms with E-state index in [0.29, 0.717) is 29.0 Å². The molecule has 0 amide bonds. The van der Waals surface area contributed by atoms with Crippen LogP contribution in [-0.4, -0.2) is 11.1 Å². The normalized spacial score (nSPS) is 41.4. The zero-order valence-electron chi connectivity index (χ0n) is 13.9. The van der Waals surface area contributed by atoms with Crippen LogP contribution in [0.1, 0.15) is 63.0 Å². The molecule has 1 aromatic carbocycles. The molecule has 0 saturated heterocycles. The number of benzene rings is 1. The van der Waals surface area contributed by atoms with E-state index in [9.17, 15) is 5.11 Å². The monoisotopic (exact) mass is 299 g/mol. The van der Waals surface area contributed by atoms with Gasteiger partial charge < -0.3 is 10.8 Å². The molecule has 3 N–H and O–H groups in total. The van der Waals surface area contributed by atoms with Crippen LogP contribution < -0.4 is 5.73 Å². The number of phenolic OH excluding ortho intramolecular Hbond substituents is 1. The first-order valence-electron chi connectivity index (χ1n) is 9.08. The Hall–Kier alpha value is -1.02. The van der Waals surface area contributed by atoms with E-state index in [4.69, 9.17) is 5.73 Å². The molecule has 2 heteroatoms. The number of fused-ring (bicyclic) bond motifs is 5. The minimum atomic E-state index is 0.333. The summed E-state index contributed by atoms with van der Waals surface area (Å²) in [6.07, 6.45) is 7.76. The van der Waals surface area contributed by atoms with Gasteiger partial charge in [0.05, 0.1) is 0 Å². The van der Waals surface area contributed by atoms with Crippen LogP contribution in [0.2, 0.25) is 0 Å². The number of nitrogens with two attached hydrogens (primary N) is 1. The summed E-state index contributed by atoms with van der Waals surface area (Å²) in [5.74, 6) is 3.54. The molecule has 6 atom stereocenters. The van der Waals surface area contributed by atoms with Gasteiger partial charge in [0.2, 0.25) is 0 Å². The van der Waals surface area contributed by atoms with Crippen molar-refractivity contribution in [1.29, 1.82) is 0 Å². The smallest absolute Gasteiger partial charge is 0.115 e. The van der Waals surface area contributed by atoms with Gasteiger partial charge in [0.25, 0.3) is 0 Å². The molecule has 0 aliphatic heterocycles. The van der Waals surface area contributed by atoms with Gasteiger partial charge >= 0.3 is 0 Å². The van der Waals surface area contributed by atoms with Crippen LogP contribution in [0.25, 0.3) is 0 Å². The number of hydrogen-bond donors (Lipinski definition) is 2. The van der Waals surface area contributed by atoms with Crippen LogP contribution in [0.3, 0.4) is 0 Å². The molecule has 4 rings (SSSR count). The van der Waals surface area contributed by atoms with Gasteiger partial charge in [-0.15, -0.1) is 0 Å². The Morgan fingerprint density at radius 1 is 1.23 bits per heavy atom. The highest BCUT2D eigenvalue weighted by molar-refractivity contribution is 5.40. The van der Waals surface area contributed by atoms with E-state index in [-0.39, 0.29) is 0 Å². The van der Waals surface area contributed by atoms with E-state index >= 15 is 0 Å². The third kappa shape index (κ3) is 1.96. The molecule has 2 nitrogen and oxygen atoms in total. The average Bonchev–Trinajstić information content (AvgIpc) is 2.84. The van der Waals surface area contributed by atoms with Crippen molar-refractivity contribution in [3.63, 3.8) is 0 Å². The van der Waals surface area contributed by atoms with Crippen molar-refractivity contribution in [2.75, 3.05) is 0 Å². The first kappa shape index (κ1) is 14.6. The van der Waals surface area contributed by atoms with Crippen LogP contribution in [0, 0.1) is 23.2 Å². The van der Waals surface area contributed by atoms with Gasteiger partial charge in [-0.3, -0.25) is 0 Å². The summed E-state index contributed by atoms with van der Waals surface area (Å²) in [6, 6.07) is 6.41. The minimum Gasteiger partial charge on any atom is -0.508 e. The fourth-order valence-corrected chi connectivity index (χ4v) is 6.47. The van der Waals surface area contributed by atoms with Crippen LogP contribution in [0.15, 0.2) is 18.2 Å². The largest absolute Gasteiger partial charge is 0.508 e. The Balaban J connectivity index is 1.67. The number of phenols is 1. The van der Waals surface area contributed by atoms with Crippen LogP contribution >= 0.6 is 0 Å². The topological polar surface area (TPSA) is 46.2 Å². The molecule has 0 spiro atoms. The van der Waals surface area contributed by atoms with E-state index < -0.39 is 0 Å². The molecular formula is C20H29NO. The quantitative estimate of drug-likeness (QED) is 0.816. The zero-order chi connectivity index (χ0) is 15.5. The van der Waals surface area contributed by atoms with Gasteiger partial charge in [0.1, 0.15) is 5.75 Å². The van der Waals surface area contributed by atoms with Crippen LogP contribution in [0.5, 0.6) is 5.75 Å². The molecule has 0 bridgehead atoms. The van der Waals surface area contributed by atoms with Gasteiger partial charge in [-0.05, 0) is 97.8 Å². The van der Waals surface area contributed by atoms with Gasteiger partial charge in [0.15, 0.2) is 0 Å². The van der Waals surface area contributed by atoms with E-state index in [1.807, 2.05) is 12.1 Å². The molecule has 0 heterocycles. The molecule has 0 unspecified atom stereocenters. The second-order valence-electron chi connectivity index (χ2n) is 8.39. The molecule has 2 fully saturated rings. The second kappa shape index (κ2) is 4.99. The Labute approximate surface area is 134 Å². The third-order valence-corrected chi connectivity index (χ3v) is 7.42. The SMILES string of the molecule is C[C@H](N)[C@@H]1CC[C@@H]2[C@@H]3CCc4cc(O)ccc4[C@H]3CC[C@@]21C. The van der Waals surface area contributed by atoms with Crippen molar-refractivity contribution in [3.8, 4) is 5.75 Å². The Morgan fingerprint density at radius 2 is 2.05 bits per heavy atom. The molecule has 22 heavy (non-hydrogen) atoms. The van der Waals surface area contributed by atoms with Crippen molar-refractivity contribution in [2.45, 2.75) is 64.3 Å². The van der Waals surface area contributed by atoms with Gasteiger partial charge in [-0.25, -0.2) is 0 Å². The van der Waals surface area contributed by atoms with Crippen molar-refractivity contribution in [1.82, 2.24) is 0 Å². The zero-order valence-corrected chi connectivity index (χ0v) is 13.9. The van der Waals surface area contributed by atoms with E-state index in [1.165, 1.54) is 43.2 Å². The molecule has 0 radical (unpaired) electrons. The highest BCUT2D eigenvalue weighted by Gasteiger charge is 2.55. The molecular weight excluding hydrogens is 270 g/mol. The maximum Gasteiger partial charge on any atom is 0.115 e. The van der Waals surface area contributed by atoms with Crippen molar-refractivity contribution in [2.24, 2.45) is 28.9 Å². The Kier molecular flexibility index (Phi) is 3.30. The summed E-state index contributed by atoms with van der Waals surface area (Å²) >= 11 is 0. The van der Waals surface area contributed by atoms with E-state index in [0.717, 1.165) is 18.3 Å². The molecule has 2 saturated carbocycles. The van der Waals surface area contributed by atoms with Crippen molar-refractivity contribution >= 4 is 0 Å². The van der Waals surface area contributed by atoms with Crippen molar-refractivity contribution < 1.29 is 5.11 Å². The summed E-state index contributed by atoms with van der Waals surface area (Å²) in [6.45, 7) is 4.74. The lowest BCUT2D eigenvalue weighted by Crippen LogP contribution is -2.46. The maximum atomic E-state index is 9.76. The number of rotatable bonds is 1. The standard InChI is InChI=1S/C20H29NO/c1-12(21)18-7-8-19-17-5-3-13-11-14(22)4-6-15(13)16(17)9-10-20(18,19)2/h4,6,11-12,16-19,22H,3,5,7-10,21H2,1-2H3/t12-,16+,17+,18-,19+,20+/m0/s1. The Bertz CT molecular complexity index is 581. The summed E-state index contributed by atoms with van der Waals surface area (Å²) < 4.78 is 0. The lowest BCUT2D eigenvalue weighted by Gasteiger charge is -2.51. The molecule has 3 aliphatic carbocycles. The summed E-state index contributed by atoms with van der Waals surface area (Å²) in [5, 5.41) is 9.76. The van der Waals surface area contributed by atoms with Crippen LogP contribution in [-0.2, 0) is 6.42 Å². The predicted octanol–water partition coefficient (Wildman–Crippen LogP) is 4.21. The highest BCUT2D eigenvalue weighted by atomic mass is 16.3. The summed E-state index contributed by atoms with van der Waals surface area (Å²) in [7, 11) is 0. The minimum absolute atomic E-state index is 0.333. The summed E-state index contributed by atoms with van der Waals surface area (Å²) in [5.41, 5.74) is 9.71. The lowest BCUT2D eigenvalue weighted by molar-refractivity contribution is 0.0224. The second-order valence-corrected chi connectivity index (χ2v) is 8.39. The average molecular weight is 299 g/mol. The first-order valence-corrected chi connectivity index (χ1v) is 9.08. The van der Waals surface area contributed by atoms with Crippen molar-refractivity contribution in [3.05, 3.63) is 29.3 Å². The lowest BCUT2D eigenvalue weighted by atomic mass is 9.53. The van der Waals surface area contributed by atoms with Crippen LogP contribution in [0.4, 0.5) is 0 Å². The fraction of sp³-hybridized carbons (Fsp3) is 0.700. The van der Waals surface area contributed by atoms with E-state index in [1.54, 1.807) is 0 Å². The molecule has 0 aromatic heterocycles. The fourth-order valence-electron chi connectivity index (χ4n) is 6.47. The number of hydrogen-bond acceptors (Lipinski definition) is 2. The van der Waals surface area contributed by atoms with Gasteiger partial charge in [-0.1, -0.05) is 13.0 Å². The predicted molar refractivity (Wildman–Crippen MR) is 89.9 cm³/mol. The van der Waals surface area contributed by atoms with Gasteiger partial charge in [0, 0.05) is 6.04 Å². The Morgan fingerprint density at radius 3 is 2.82 bits per heavy atom.